The third-order valence-corrected chi connectivity index (χ3v) is 4.63. The van der Waals surface area contributed by atoms with Crippen LogP contribution in [0.5, 0.6) is 0 Å². The van der Waals surface area contributed by atoms with Crippen molar-refractivity contribution >= 4 is 23.2 Å². The predicted molar refractivity (Wildman–Crippen MR) is 99.8 cm³/mol. The number of carbonyl (C=O) groups excluding carboxylic acids is 1. The summed E-state index contributed by atoms with van der Waals surface area (Å²) in [5.41, 5.74) is 0.362. The fourth-order valence-corrected chi connectivity index (χ4v) is 3.17. The maximum Gasteiger partial charge on any atom is 0.224 e. The Kier molecular flexibility index (Phi) is 5.91. The molecule has 1 aliphatic rings. The number of aromatic nitrogens is 3. The topological polar surface area (TPSA) is 59.8 Å². The number of aryl methyl sites for hydroxylation is 2. The van der Waals surface area contributed by atoms with Crippen molar-refractivity contribution in [3.8, 4) is 0 Å². The molecule has 1 aliphatic carbocycles. The number of benzene rings is 1. The third-order valence-electron chi connectivity index (χ3n) is 4.42. The van der Waals surface area contributed by atoms with E-state index in [2.05, 4.69) is 33.9 Å². The monoisotopic (exact) mass is 378 g/mol. The minimum atomic E-state index is -0.476. The SMILES string of the molecule is CC(C)CCc1nnc(CCC(=O)Nc2cc(F)cc(Cl)c2)n1C1CC1. The van der Waals surface area contributed by atoms with Crippen LogP contribution in [0.1, 0.15) is 57.2 Å². The molecule has 7 heteroatoms. The van der Waals surface area contributed by atoms with Crippen LogP contribution in [0, 0.1) is 11.7 Å². The number of hydrogen-bond acceptors (Lipinski definition) is 3. The fourth-order valence-electron chi connectivity index (χ4n) is 2.95. The van der Waals surface area contributed by atoms with Gasteiger partial charge in [0, 0.05) is 36.0 Å². The Morgan fingerprint density at radius 3 is 2.58 bits per heavy atom. The highest BCUT2D eigenvalue weighted by Crippen LogP contribution is 2.37. The Morgan fingerprint density at radius 1 is 1.27 bits per heavy atom. The highest BCUT2D eigenvalue weighted by atomic mass is 35.5. The quantitative estimate of drug-likeness (QED) is 0.732. The second-order valence-electron chi connectivity index (χ2n) is 7.27. The average molecular weight is 379 g/mol. The van der Waals surface area contributed by atoms with Crippen molar-refractivity contribution < 1.29 is 9.18 Å². The van der Waals surface area contributed by atoms with Gasteiger partial charge < -0.3 is 9.88 Å². The maximum absolute atomic E-state index is 13.4. The molecule has 1 saturated carbocycles. The number of rotatable bonds is 8. The van der Waals surface area contributed by atoms with Gasteiger partial charge in [-0.05, 0) is 43.4 Å². The molecular formula is C19H24ClFN4O. The van der Waals surface area contributed by atoms with Crippen molar-refractivity contribution in [1.82, 2.24) is 14.8 Å². The first-order valence-corrected chi connectivity index (χ1v) is 9.48. The van der Waals surface area contributed by atoms with E-state index in [1.54, 1.807) is 0 Å². The predicted octanol–water partition coefficient (Wildman–Crippen LogP) is 4.57. The van der Waals surface area contributed by atoms with Gasteiger partial charge in [-0.1, -0.05) is 25.4 Å². The lowest BCUT2D eigenvalue weighted by molar-refractivity contribution is -0.116. The molecule has 1 N–H and O–H groups in total. The zero-order valence-corrected chi connectivity index (χ0v) is 15.9. The average Bonchev–Trinajstić information content (AvgIpc) is 3.30. The number of carbonyl (C=O) groups is 1. The van der Waals surface area contributed by atoms with Crippen molar-refractivity contribution in [3.05, 3.63) is 40.7 Å². The van der Waals surface area contributed by atoms with Crippen molar-refractivity contribution in [1.29, 1.82) is 0 Å². The Hall–Kier alpha value is -1.95. The molecule has 1 aromatic heterocycles. The van der Waals surface area contributed by atoms with Crippen LogP contribution in [-0.4, -0.2) is 20.7 Å². The van der Waals surface area contributed by atoms with Crippen LogP contribution in [-0.2, 0) is 17.6 Å². The molecular weight excluding hydrogens is 355 g/mol. The van der Waals surface area contributed by atoms with Gasteiger partial charge >= 0.3 is 0 Å². The highest BCUT2D eigenvalue weighted by Gasteiger charge is 2.29. The Balaban J connectivity index is 1.61. The first-order valence-electron chi connectivity index (χ1n) is 9.11. The summed E-state index contributed by atoms with van der Waals surface area (Å²) in [6.45, 7) is 4.39. The van der Waals surface area contributed by atoms with E-state index in [4.69, 9.17) is 11.6 Å². The summed E-state index contributed by atoms with van der Waals surface area (Å²) in [5.74, 6) is 1.83. The molecule has 5 nitrogen and oxygen atoms in total. The van der Waals surface area contributed by atoms with Gasteiger partial charge in [-0.25, -0.2) is 4.39 Å². The summed E-state index contributed by atoms with van der Waals surface area (Å²) in [5, 5.41) is 11.6. The summed E-state index contributed by atoms with van der Waals surface area (Å²) in [6.07, 6.45) is 5.06. The highest BCUT2D eigenvalue weighted by molar-refractivity contribution is 6.30. The normalized spacial score (nSPS) is 14.0. The molecule has 0 bridgehead atoms. The lowest BCUT2D eigenvalue weighted by atomic mass is 10.1. The number of nitrogens with one attached hydrogen (secondary N) is 1. The Bertz CT molecular complexity index is 766. The van der Waals surface area contributed by atoms with Crippen molar-refractivity contribution in [2.45, 2.75) is 58.4 Å². The molecule has 1 heterocycles. The van der Waals surface area contributed by atoms with Gasteiger partial charge in [-0.3, -0.25) is 4.79 Å². The molecule has 0 saturated heterocycles. The van der Waals surface area contributed by atoms with Gasteiger partial charge in [-0.15, -0.1) is 10.2 Å². The van der Waals surface area contributed by atoms with Crippen LogP contribution in [0.2, 0.25) is 5.02 Å². The Labute approximate surface area is 158 Å². The lowest BCUT2D eigenvalue weighted by Gasteiger charge is -2.10. The molecule has 1 amide bonds. The second kappa shape index (κ2) is 8.16. The molecule has 1 aromatic carbocycles. The van der Waals surface area contributed by atoms with Gasteiger partial charge in [0.15, 0.2) is 0 Å². The Morgan fingerprint density at radius 2 is 1.96 bits per heavy atom. The van der Waals surface area contributed by atoms with Crippen molar-refractivity contribution in [2.75, 3.05) is 5.32 Å². The number of halogens is 2. The third kappa shape index (κ3) is 5.04. The summed E-state index contributed by atoms with van der Waals surface area (Å²) < 4.78 is 15.6. The first-order chi connectivity index (χ1) is 12.4. The summed E-state index contributed by atoms with van der Waals surface area (Å²) >= 11 is 5.81. The van der Waals surface area contributed by atoms with E-state index >= 15 is 0 Å². The summed E-state index contributed by atoms with van der Waals surface area (Å²) in [4.78, 5) is 12.2. The van der Waals surface area contributed by atoms with E-state index in [-0.39, 0.29) is 17.4 Å². The van der Waals surface area contributed by atoms with Gasteiger partial charge in [-0.2, -0.15) is 0 Å². The van der Waals surface area contributed by atoms with E-state index in [9.17, 15) is 9.18 Å². The number of nitrogens with zero attached hydrogens (tertiary/aromatic N) is 3. The van der Waals surface area contributed by atoms with Crippen LogP contribution in [0.4, 0.5) is 10.1 Å². The van der Waals surface area contributed by atoms with Crippen LogP contribution in [0.3, 0.4) is 0 Å². The summed E-state index contributed by atoms with van der Waals surface area (Å²) in [6, 6.07) is 4.46. The van der Waals surface area contributed by atoms with Crippen molar-refractivity contribution in [2.24, 2.45) is 5.92 Å². The van der Waals surface area contributed by atoms with Gasteiger partial charge in [0.25, 0.3) is 0 Å². The second-order valence-corrected chi connectivity index (χ2v) is 7.71. The van der Waals surface area contributed by atoms with Crippen LogP contribution >= 0.6 is 11.6 Å². The van der Waals surface area contributed by atoms with Gasteiger partial charge in [0.2, 0.25) is 5.91 Å². The van der Waals surface area contributed by atoms with E-state index in [1.165, 1.54) is 18.2 Å². The fraction of sp³-hybridized carbons (Fsp3) is 0.526. The van der Waals surface area contributed by atoms with Gasteiger partial charge in [0.1, 0.15) is 17.5 Å². The molecule has 0 radical (unpaired) electrons. The van der Waals surface area contributed by atoms with Crippen LogP contribution < -0.4 is 5.32 Å². The van der Waals surface area contributed by atoms with Crippen LogP contribution in [0.15, 0.2) is 18.2 Å². The number of amides is 1. The molecule has 140 valence electrons. The summed E-state index contributed by atoms with van der Waals surface area (Å²) in [7, 11) is 0. The molecule has 26 heavy (non-hydrogen) atoms. The smallest absolute Gasteiger partial charge is 0.224 e. The molecule has 3 rings (SSSR count). The van der Waals surface area contributed by atoms with E-state index < -0.39 is 5.82 Å². The molecule has 0 spiro atoms. The minimum absolute atomic E-state index is 0.194. The van der Waals surface area contributed by atoms with E-state index in [0.29, 0.717) is 24.1 Å². The lowest BCUT2D eigenvalue weighted by Crippen LogP contribution is -2.14. The van der Waals surface area contributed by atoms with Gasteiger partial charge in [0.05, 0.1) is 0 Å². The maximum atomic E-state index is 13.4. The zero-order chi connectivity index (χ0) is 18.7. The number of hydrogen-bond donors (Lipinski definition) is 1. The minimum Gasteiger partial charge on any atom is -0.326 e. The molecule has 0 atom stereocenters. The molecule has 1 fully saturated rings. The molecule has 0 aliphatic heterocycles. The van der Waals surface area contributed by atoms with E-state index in [0.717, 1.165) is 37.3 Å². The van der Waals surface area contributed by atoms with E-state index in [1.807, 2.05) is 0 Å². The standard InChI is InChI=1S/C19H24ClFN4O/c1-12(2)3-6-17-23-24-18(25(17)16-4-5-16)7-8-19(26)22-15-10-13(20)9-14(21)11-15/h9-12,16H,3-8H2,1-2H3,(H,22,26). The van der Waals surface area contributed by atoms with Crippen molar-refractivity contribution in [3.63, 3.8) is 0 Å². The zero-order valence-electron chi connectivity index (χ0n) is 15.1. The first kappa shape index (κ1) is 18.8. The van der Waals surface area contributed by atoms with Crippen LogP contribution in [0.25, 0.3) is 0 Å². The molecule has 2 aromatic rings. The molecule has 0 unspecified atom stereocenters. The largest absolute Gasteiger partial charge is 0.326 e. The number of anilines is 1.